The van der Waals surface area contributed by atoms with Crippen LogP contribution in [0.25, 0.3) is 0 Å². The molecule has 4 rings (SSSR count). The molecule has 148 valence electrons. The number of furan rings is 1. The maximum absolute atomic E-state index is 12.4. The number of aryl methyl sites for hydroxylation is 1. The zero-order chi connectivity index (χ0) is 19.5. The molecular weight excluding hydrogens is 360 g/mol. The fourth-order valence-electron chi connectivity index (χ4n) is 3.61. The van der Waals surface area contributed by atoms with E-state index in [0.29, 0.717) is 45.0 Å². The van der Waals surface area contributed by atoms with E-state index in [1.807, 2.05) is 17.9 Å². The highest BCUT2D eigenvalue weighted by Crippen LogP contribution is 2.22. The van der Waals surface area contributed by atoms with Crippen LogP contribution in [0.15, 0.2) is 28.9 Å². The summed E-state index contributed by atoms with van der Waals surface area (Å²) >= 11 is 0. The summed E-state index contributed by atoms with van der Waals surface area (Å²) in [4.78, 5) is 40.5. The molecule has 2 aromatic rings. The van der Waals surface area contributed by atoms with Crippen LogP contribution in [0.4, 0.5) is 11.6 Å². The monoisotopic (exact) mass is 384 g/mol. The van der Waals surface area contributed by atoms with Gasteiger partial charge in [-0.1, -0.05) is 0 Å². The SMILES string of the molecule is Cc1nc(N2CCN(C=O)CC2)cc(N2CCN(C(=O)c3ccco3)CC2)n1. The third-order valence-electron chi connectivity index (χ3n) is 5.22. The number of piperazine rings is 2. The lowest BCUT2D eigenvalue weighted by Gasteiger charge is -2.36. The zero-order valence-electron chi connectivity index (χ0n) is 16.0. The van der Waals surface area contributed by atoms with E-state index >= 15 is 0 Å². The van der Waals surface area contributed by atoms with Gasteiger partial charge in [-0.15, -0.1) is 0 Å². The van der Waals surface area contributed by atoms with E-state index in [1.54, 1.807) is 17.0 Å². The Morgan fingerprint density at radius 2 is 1.61 bits per heavy atom. The van der Waals surface area contributed by atoms with Crippen LogP contribution in [0.3, 0.4) is 0 Å². The lowest BCUT2D eigenvalue weighted by Crippen LogP contribution is -2.49. The summed E-state index contributed by atoms with van der Waals surface area (Å²) in [7, 11) is 0. The minimum atomic E-state index is -0.0720. The number of aromatic nitrogens is 2. The molecule has 28 heavy (non-hydrogen) atoms. The smallest absolute Gasteiger partial charge is 0.289 e. The summed E-state index contributed by atoms with van der Waals surface area (Å²) in [5.74, 6) is 2.80. The molecule has 0 N–H and O–H groups in total. The number of hydrogen-bond acceptors (Lipinski definition) is 7. The largest absolute Gasteiger partial charge is 0.459 e. The van der Waals surface area contributed by atoms with E-state index in [0.717, 1.165) is 37.0 Å². The molecule has 0 radical (unpaired) electrons. The molecule has 0 unspecified atom stereocenters. The zero-order valence-corrected chi connectivity index (χ0v) is 16.0. The molecular formula is C19H24N6O3. The molecule has 2 aliphatic heterocycles. The lowest BCUT2D eigenvalue weighted by molar-refractivity contribution is -0.118. The van der Waals surface area contributed by atoms with Gasteiger partial charge in [0.2, 0.25) is 6.41 Å². The van der Waals surface area contributed by atoms with Gasteiger partial charge in [-0.25, -0.2) is 9.97 Å². The van der Waals surface area contributed by atoms with E-state index in [2.05, 4.69) is 19.8 Å². The van der Waals surface area contributed by atoms with E-state index < -0.39 is 0 Å². The predicted molar refractivity (Wildman–Crippen MR) is 103 cm³/mol. The molecule has 0 saturated carbocycles. The van der Waals surface area contributed by atoms with Crippen molar-refractivity contribution < 1.29 is 14.0 Å². The Labute approximate surface area is 163 Å². The summed E-state index contributed by atoms with van der Waals surface area (Å²) < 4.78 is 5.22. The van der Waals surface area contributed by atoms with Crippen molar-refractivity contribution in [3.05, 3.63) is 36.0 Å². The fraction of sp³-hybridized carbons (Fsp3) is 0.474. The molecule has 4 heterocycles. The summed E-state index contributed by atoms with van der Waals surface area (Å²) in [5.41, 5.74) is 0. The second kappa shape index (κ2) is 7.87. The molecule has 0 spiro atoms. The number of carbonyl (C=O) groups excluding carboxylic acids is 2. The van der Waals surface area contributed by atoms with Gasteiger partial charge in [0.1, 0.15) is 17.5 Å². The molecule has 9 heteroatoms. The maximum Gasteiger partial charge on any atom is 0.289 e. The first-order chi connectivity index (χ1) is 13.6. The van der Waals surface area contributed by atoms with Crippen LogP contribution in [-0.4, -0.2) is 84.4 Å². The van der Waals surface area contributed by atoms with Crippen LogP contribution >= 0.6 is 0 Å². The van der Waals surface area contributed by atoms with Gasteiger partial charge < -0.3 is 24.0 Å². The van der Waals surface area contributed by atoms with Gasteiger partial charge in [-0.05, 0) is 19.1 Å². The summed E-state index contributed by atoms with van der Waals surface area (Å²) in [5, 5.41) is 0. The van der Waals surface area contributed by atoms with Gasteiger partial charge in [0, 0.05) is 58.4 Å². The van der Waals surface area contributed by atoms with Crippen LogP contribution in [-0.2, 0) is 4.79 Å². The van der Waals surface area contributed by atoms with Crippen molar-refractivity contribution in [3.8, 4) is 0 Å². The predicted octanol–water partition coefficient (Wildman–Crippen LogP) is 0.619. The topological polar surface area (TPSA) is 86.0 Å². The van der Waals surface area contributed by atoms with Crippen molar-refractivity contribution in [2.75, 3.05) is 62.2 Å². The second-order valence-electron chi connectivity index (χ2n) is 7.02. The quantitative estimate of drug-likeness (QED) is 0.714. The van der Waals surface area contributed by atoms with Crippen molar-refractivity contribution in [1.29, 1.82) is 0 Å². The normalized spacial score (nSPS) is 17.8. The maximum atomic E-state index is 12.4. The van der Waals surface area contributed by atoms with Gasteiger partial charge in [0.15, 0.2) is 5.76 Å². The number of nitrogens with zero attached hydrogens (tertiary/aromatic N) is 6. The number of rotatable bonds is 4. The Morgan fingerprint density at radius 1 is 1.00 bits per heavy atom. The Bertz CT molecular complexity index is 824. The minimum Gasteiger partial charge on any atom is -0.459 e. The number of carbonyl (C=O) groups is 2. The highest BCUT2D eigenvalue weighted by atomic mass is 16.3. The number of amides is 2. The molecule has 2 saturated heterocycles. The molecule has 0 bridgehead atoms. The second-order valence-corrected chi connectivity index (χ2v) is 7.02. The van der Waals surface area contributed by atoms with Gasteiger partial charge in [0.25, 0.3) is 5.91 Å². The van der Waals surface area contributed by atoms with Crippen LogP contribution in [0, 0.1) is 6.92 Å². The van der Waals surface area contributed by atoms with Crippen molar-refractivity contribution >= 4 is 24.0 Å². The first kappa shape index (κ1) is 18.3. The van der Waals surface area contributed by atoms with E-state index in [4.69, 9.17) is 4.42 Å². The van der Waals surface area contributed by atoms with Crippen LogP contribution < -0.4 is 9.80 Å². The molecule has 2 amide bonds. The summed E-state index contributed by atoms with van der Waals surface area (Å²) in [6.45, 7) is 7.49. The van der Waals surface area contributed by atoms with Gasteiger partial charge in [-0.2, -0.15) is 0 Å². The molecule has 2 aliphatic rings. The Hall–Kier alpha value is -3.10. The van der Waals surface area contributed by atoms with Crippen LogP contribution in [0.1, 0.15) is 16.4 Å². The number of hydrogen-bond donors (Lipinski definition) is 0. The minimum absolute atomic E-state index is 0.0720. The average molecular weight is 384 g/mol. The standard InChI is InChI=1S/C19H24N6O3/c1-15-20-17(23-6-4-22(14-26)5-7-23)13-18(21-15)24-8-10-25(11-9-24)19(27)16-3-2-12-28-16/h2-3,12-14H,4-11H2,1H3. The van der Waals surface area contributed by atoms with Crippen molar-refractivity contribution in [1.82, 2.24) is 19.8 Å². The van der Waals surface area contributed by atoms with Gasteiger partial charge in [-0.3, -0.25) is 9.59 Å². The van der Waals surface area contributed by atoms with E-state index in [9.17, 15) is 9.59 Å². The molecule has 9 nitrogen and oxygen atoms in total. The third kappa shape index (κ3) is 3.78. The van der Waals surface area contributed by atoms with Gasteiger partial charge in [0.05, 0.1) is 6.26 Å². The highest BCUT2D eigenvalue weighted by Gasteiger charge is 2.25. The number of anilines is 2. The van der Waals surface area contributed by atoms with Crippen LogP contribution in [0.2, 0.25) is 0 Å². The molecule has 2 fully saturated rings. The van der Waals surface area contributed by atoms with Crippen LogP contribution in [0.5, 0.6) is 0 Å². The van der Waals surface area contributed by atoms with Crippen molar-refractivity contribution in [3.63, 3.8) is 0 Å². The Kier molecular flexibility index (Phi) is 5.14. The van der Waals surface area contributed by atoms with E-state index in [-0.39, 0.29) is 5.91 Å². The summed E-state index contributed by atoms with van der Waals surface area (Å²) in [6, 6.07) is 5.43. The molecule has 0 atom stereocenters. The Morgan fingerprint density at radius 3 is 2.14 bits per heavy atom. The highest BCUT2D eigenvalue weighted by molar-refractivity contribution is 5.91. The summed E-state index contributed by atoms with van der Waals surface area (Å²) in [6.07, 6.45) is 2.42. The third-order valence-corrected chi connectivity index (χ3v) is 5.22. The van der Waals surface area contributed by atoms with Crippen molar-refractivity contribution in [2.24, 2.45) is 0 Å². The Balaban J connectivity index is 1.42. The van der Waals surface area contributed by atoms with Gasteiger partial charge >= 0.3 is 0 Å². The van der Waals surface area contributed by atoms with E-state index in [1.165, 1.54) is 6.26 Å². The lowest BCUT2D eigenvalue weighted by atomic mass is 10.2. The first-order valence-electron chi connectivity index (χ1n) is 9.52. The molecule has 0 aromatic carbocycles. The fourth-order valence-corrected chi connectivity index (χ4v) is 3.61. The molecule has 0 aliphatic carbocycles. The molecule has 2 aromatic heterocycles. The first-order valence-corrected chi connectivity index (χ1v) is 9.52. The average Bonchev–Trinajstić information content (AvgIpc) is 3.28. The van der Waals surface area contributed by atoms with Crippen molar-refractivity contribution in [2.45, 2.75) is 6.92 Å².